The van der Waals surface area contributed by atoms with Crippen molar-refractivity contribution in [3.63, 3.8) is 0 Å². The van der Waals surface area contributed by atoms with Crippen molar-refractivity contribution < 1.29 is 23.9 Å². The van der Waals surface area contributed by atoms with Crippen LogP contribution >= 0.6 is 11.6 Å². The van der Waals surface area contributed by atoms with Gasteiger partial charge in [0.05, 0.1) is 23.9 Å². The number of carbonyl (C=O) groups is 3. The minimum atomic E-state index is -0.798. The topological polar surface area (TPSA) is 84.9 Å². The Morgan fingerprint density at radius 2 is 1.83 bits per heavy atom. The van der Waals surface area contributed by atoms with E-state index in [1.807, 2.05) is 13.8 Å². The minimum Gasteiger partial charge on any atom is -0.493 e. The van der Waals surface area contributed by atoms with Crippen LogP contribution in [0, 0.1) is 6.92 Å². The van der Waals surface area contributed by atoms with Gasteiger partial charge in [-0.25, -0.2) is 9.69 Å². The molecule has 1 N–H and O–H groups in total. The molecule has 0 spiro atoms. The Bertz CT molecular complexity index is 1060. The first kappa shape index (κ1) is 21.4. The molecule has 1 heterocycles. The molecule has 0 bridgehead atoms. The molecule has 7 nitrogen and oxygen atoms in total. The maximum atomic E-state index is 13.0. The molecule has 0 unspecified atom stereocenters. The van der Waals surface area contributed by atoms with Crippen LogP contribution in [0.1, 0.15) is 25.0 Å². The molecule has 2 aromatic carbocycles. The van der Waals surface area contributed by atoms with Crippen molar-refractivity contribution in [1.82, 2.24) is 5.32 Å². The lowest BCUT2D eigenvalue weighted by Crippen LogP contribution is -2.54. The first-order valence-electron chi connectivity index (χ1n) is 9.24. The maximum absolute atomic E-state index is 13.0. The molecule has 0 saturated carbocycles. The van der Waals surface area contributed by atoms with Gasteiger partial charge in [-0.2, -0.15) is 0 Å². The van der Waals surface area contributed by atoms with Crippen molar-refractivity contribution >= 4 is 41.2 Å². The highest BCUT2D eigenvalue weighted by Crippen LogP contribution is 2.38. The smallest absolute Gasteiger partial charge is 0.335 e. The Kier molecular flexibility index (Phi) is 6.12. The van der Waals surface area contributed by atoms with Gasteiger partial charge >= 0.3 is 6.03 Å². The lowest BCUT2D eigenvalue weighted by Gasteiger charge is -2.27. The third-order valence-corrected chi connectivity index (χ3v) is 4.66. The van der Waals surface area contributed by atoms with E-state index in [1.165, 1.54) is 13.2 Å². The van der Waals surface area contributed by atoms with Crippen molar-refractivity contribution in [2.75, 3.05) is 12.0 Å². The Morgan fingerprint density at radius 1 is 1.13 bits per heavy atom. The number of carbonyl (C=O) groups excluding carboxylic acids is 3. The molecule has 1 saturated heterocycles. The Labute approximate surface area is 179 Å². The summed E-state index contributed by atoms with van der Waals surface area (Å²) in [5, 5.41) is 2.48. The fraction of sp³-hybridized carbons (Fsp3) is 0.227. The summed E-state index contributed by atoms with van der Waals surface area (Å²) in [6.45, 7) is 5.48. The van der Waals surface area contributed by atoms with E-state index in [0.717, 1.165) is 10.5 Å². The van der Waals surface area contributed by atoms with Gasteiger partial charge in [0.15, 0.2) is 11.5 Å². The first-order chi connectivity index (χ1) is 14.2. The van der Waals surface area contributed by atoms with Crippen molar-refractivity contribution in [2.45, 2.75) is 26.9 Å². The number of nitrogens with one attached hydrogen (secondary N) is 1. The predicted molar refractivity (Wildman–Crippen MR) is 114 cm³/mol. The highest BCUT2D eigenvalue weighted by atomic mass is 35.5. The van der Waals surface area contributed by atoms with Gasteiger partial charge in [0, 0.05) is 0 Å². The maximum Gasteiger partial charge on any atom is 0.335 e. The molecule has 0 aliphatic carbocycles. The lowest BCUT2D eigenvalue weighted by molar-refractivity contribution is -0.122. The number of rotatable bonds is 5. The van der Waals surface area contributed by atoms with Gasteiger partial charge in [-0.05, 0) is 56.2 Å². The van der Waals surface area contributed by atoms with Crippen molar-refractivity contribution in [3.05, 3.63) is 58.1 Å². The number of benzene rings is 2. The number of methoxy groups -OCH3 is 1. The average molecular weight is 429 g/mol. The summed E-state index contributed by atoms with van der Waals surface area (Å²) < 4.78 is 11.0. The molecule has 8 heteroatoms. The zero-order valence-electron chi connectivity index (χ0n) is 17.0. The summed E-state index contributed by atoms with van der Waals surface area (Å²) in [6, 6.07) is 9.28. The average Bonchev–Trinajstić information content (AvgIpc) is 2.68. The van der Waals surface area contributed by atoms with Crippen LogP contribution in [0.15, 0.2) is 42.0 Å². The molecular weight excluding hydrogens is 408 g/mol. The number of aryl methyl sites for hydroxylation is 1. The van der Waals surface area contributed by atoms with E-state index in [1.54, 1.807) is 43.3 Å². The molecule has 156 valence electrons. The molecular formula is C22H21ClN2O5. The summed E-state index contributed by atoms with van der Waals surface area (Å²) in [5.41, 5.74) is 1.36. The number of urea groups is 1. The second-order valence-electron chi connectivity index (χ2n) is 6.95. The van der Waals surface area contributed by atoms with Crippen LogP contribution in [0.25, 0.3) is 6.08 Å². The normalized spacial score (nSPS) is 15.6. The SMILES string of the molecule is COc1cc(/C=C2\C(=O)NC(=O)N(c3ccccc3C)C2=O)cc(Cl)c1OC(C)C. The standard InChI is InChI=1S/C22H21ClN2O5/c1-12(2)30-19-16(23)10-14(11-18(19)29-4)9-15-20(26)24-22(28)25(21(15)27)17-8-6-5-7-13(17)3/h5-12H,1-4H3,(H,24,26,28)/b15-9+. The number of hydrogen-bond acceptors (Lipinski definition) is 5. The van der Waals surface area contributed by atoms with Gasteiger partial charge in [-0.15, -0.1) is 0 Å². The van der Waals surface area contributed by atoms with E-state index in [9.17, 15) is 14.4 Å². The molecule has 3 rings (SSSR count). The van der Waals surface area contributed by atoms with Crippen LogP contribution in [0.4, 0.5) is 10.5 Å². The lowest BCUT2D eigenvalue weighted by atomic mass is 10.1. The van der Waals surface area contributed by atoms with Crippen molar-refractivity contribution in [3.8, 4) is 11.5 Å². The largest absolute Gasteiger partial charge is 0.493 e. The van der Waals surface area contributed by atoms with E-state index >= 15 is 0 Å². The van der Waals surface area contributed by atoms with Gasteiger partial charge in [0.2, 0.25) is 0 Å². The Morgan fingerprint density at radius 3 is 2.47 bits per heavy atom. The summed E-state index contributed by atoms with van der Waals surface area (Å²) in [4.78, 5) is 38.7. The zero-order valence-corrected chi connectivity index (χ0v) is 17.7. The van der Waals surface area contributed by atoms with Gasteiger partial charge in [-0.1, -0.05) is 29.8 Å². The van der Waals surface area contributed by atoms with Gasteiger partial charge in [0.25, 0.3) is 11.8 Å². The third-order valence-electron chi connectivity index (χ3n) is 4.37. The van der Waals surface area contributed by atoms with Crippen LogP contribution in [-0.2, 0) is 9.59 Å². The molecule has 0 radical (unpaired) electrons. The molecule has 4 amide bonds. The second-order valence-corrected chi connectivity index (χ2v) is 7.35. The highest BCUT2D eigenvalue weighted by molar-refractivity contribution is 6.39. The Balaban J connectivity index is 2.05. The number of halogens is 1. The number of imide groups is 2. The van der Waals surface area contributed by atoms with Crippen LogP contribution in [-0.4, -0.2) is 31.1 Å². The number of amides is 4. The predicted octanol–water partition coefficient (Wildman–Crippen LogP) is 4.11. The summed E-state index contributed by atoms with van der Waals surface area (Å²) in [6.07, 6.45) is 1.24. The molecule has 1 aliphatic heterocycles. The number of ether oxygens (including phenoxy) is 2. The number of hydrogen-bond donors (Lipinski definition) is 1. The zero-order chi connectivity index (χ0) is 22.0. The Hall–Kier alpha value is -3.32. The highest BCUT2D eigenvalue weighted by Gasteiger charge is 2.37. The van der Waals surface area contributed by atoms with Crippen LogP contribution in [0.5, 0.6) is 11.5 Å². The first-order valence-corrected chi connectivity index (χ1v) is 9.62. The van der Waals surface area contributed by atoms with Crippen LogP contribution in [0.3, 0.4) is 0 Å². The van der Waals surface area contributed by atoms with E-state index in [2.05, 4.69) is 5.32 Å². The molecule has 1 aliphatic rings. The number of anilines is 1. The van der Waals surface area contributed by atoms with E-state index in [-0.39, 0.29) is 16.7 Å². The minimum absolute atomic E-state index is 0.125. The second kappa shape index (κ2) is 8.59. The molecule has 1 fully saturated rings. The van der Waals surface area contributed by atoms with E-state index in [4.69, 9.17) is 21.1 Å². The van der Waals surface area contributed by atoms with Gasteiger partial charge in [0.1, 0.15) is 5.57 Å². The van der Waals surface area contributed by atoms with Crippen LogP contribution < -0.4 is 19.7 Å². The van der Waals surface area contributed by atoms with E-state index < -0.39 is 17.8 Å². The van der Waals surface area contributed by atoms with Crippen molar-refractivity contribution in [2.24, 2.45) is 0 Å². The number of para-hydroxylation sites is 1. The quantitative estimate of drug-likeness (QED) is 0.572. The summed E-state index contributed by atoms with van der Waals surface area (Å²) in [5.74, 6) is -0.783. The van der Waals surface area contributed by atoms with Gasteiger partial charge in [-0.3, -0.25) is 14.9 Å². The summed E-state index contributed by atoms with van der Waals surface area (Å²) >= 11 is 6.33. The third kappa shape index (κ3) is 4.16. The van der Waals surface area contributed by atoms with Gasteiger partial charge < -0.3 is 9.47 Å². The molecule has 30 heavy (non-hydrogen) atoms. The van der Waals surface area contributed by atoms with Crippen LogP contribution in [0.2, 0.25) is 5.02 Å². The molecule has 0 atom stereocenters. The molecule has 2 aromatic rings. The number of nitrogens with zero attached hydrogens (tertiary/aromatic N) is 1. The monoisotopic (exact) mass is 428 g/mol. The fourth-order valence-electron chi connectivity index (χ4n) is 3.03. The molecule has 0 aromatic heterocycles. The fourth-order valence-corrected chi connectivity index (χ4v) is 3.29. The summed E-state index contributed by atoms with van der Waals surface area (Å²) in [7, 11) is 1.47. The van der Waals surface area contributed by atoms with Crippen molar-refractivity contribution in [1.29, 1.82) is 0 Å². The number of barbiturate groups is 1. The van der Waals surface area contributed by atoms with E-state index in [0.29, 0.717) is 22.7 Å².